The van der Waals surface area contributed by atoms with E-state index in [1.54, 1.807) is 0 Å². The number of anilines is 3. The highest BCUT2D eigenvalue weighted by atomic mass is 16.3. The molecule has 55 heavy (non-hydrogen) atoms. The van der Waals surface area contributed by atoms with Gasteiger partial charge in [0, 0.05) is 33.0 Å². The summed E-state index contributed by atoms with van der Waals surface area (Å²) in [7, 11) is 0. The number of furan rings is 1. The fourth-order valence-corrected chi connectivity index (χ4v) is 9.84. The highest BCUT2D eigenvalue weighted by Gasteiger charge is 2.43. The van der Waals surface area contributed by atoms with E-state index in [0.29, 0.717) is 0 Å². The van der Waals surface area contributed by atoms with E-state index in [-0.39, 0.29) is 10.8 Å². The summed E-state index contributed by atoms with van der Waals surface area (Å²) in [6.07, 6.45) is 0. The lowest BCUT2D eigenvalue weighted by Crippen LogP contribution is -2.23. The van der Waals surface area contributed by atoms with E-state index in [4.69, 9.17) is 4.42 Å². The molecule has 0 N–H and O–H groups in total. The lowest BCUT2D eigenvalue weighted by atomic mass is 9.72. The molecule has 11 rings (SSSR count). The van der Waals surface area contributed by atoms with Crippen LogP contribution in [-0.4, -0.2) is 0 Å². The van der Waals surface area contributed by atoms with Crippen molar-refractivity contribution in [2.45, 2.75) is 31.6 Å². The average molecular weight is 706 g/mol. The summed E-state index contributed by atoms with van der Waals surface area (Å²) in [5.41, 5.74) is 18.6. The molecular formula is C53H39NO. The van der Waals surface area contributed by atoms with Crippen LogP contribution in [0.5, 0.6) is 0 Å². The van der Waals surface area contributed by atoms with Gasteiger partial charge in [-0.15, -0.1) is 0 Å². The van der Waals surface area contributed by atoms with Gasteiger partial charge in [0.15, 0.2) is 5.58 Å². The van der Waals surface area contributed by atoms with Gasteiger partial charge in [-0.05, 0) is 105 Å². The van der Waals surface area contributed by atoms with Gasteiger partial charge in [-0.3, -0.25) is 0 Å². The van der Waals surface area contributed by atoms with Crippen molar-refractivity contribution in [2.75, 3.05) is 4.90 Å². The highest BCUT2D eigenvalue weighted by molar-refractivity contribution is 6.13. The lowest BCUT2D eigenvalue weighted by molar-refractivity contribution is 0.660. The molecule has 0 fully saturated rings. The maximum atomic E-state index is 7.06. The van der Waals surface area contributed by atoms with Crippen LogP contribution in [0.25, 0.3) is 55.3 Å². The van der Waals surface area contributed by atoms with Crippen molar-refractivity contribution in [3.8, 4) is 33.4 Å². The molecule has 0 unspecified atom stereocenters. The second-order valence-electron chi connectivity index (χ2n) is 15.8. The monoisotopic (exact) mass is 705 g/mol. The van der Waals surface area contributed by atoms with Gasteiger partial charge >= 0.3 is 0 Å². The van der Waals surface area contributed by atoms with E-state index in [2.05, 4.69) is 208 Å². The van der Waals surface area contributed by atoms with Gasteiger partial charge in [-0.1, -0.05) is 159 Å². The fraction of sp³-hybridized carbons (Fsp3) is 0.0943. The van der Waals surface area contributed by atoms with Gasteiger partial charge in [-0.25, -0.2) is 0 Å². The summed E-state index contributed by atoms with van der Waals surface area (Å²) in [5.74, 6) is 0. The molecule has 262 valence electrons. The Morgan fingerprint density at radius 2 is 0.964 bits per heavy atom. The molecule has 2 heteroatoms. The SMILES string of the molecule is CC1(C)c2ccccc2-c2ccc(N(c3ccc(-c4ccccc4)cc3)c3ccc(C4(C)c5ccccc5-c5ccccc54)c4c3oc3ccccc34)cc21. The number of nitrogens with zero attached hydrogens (tertiary/aromatic N) is 1. The Bertz CT molecular complexity index is 2920. The van der Waals surface area contributed by atoms with Crippen molar-refractivity contribution >= 4 is 39.0 Å². The van der Waals surface area contributed by atoms with E-state index in [0.717, 1.165) is 39.0 Å². The second-order valence-corrected chi connectivity index (χ2v) is 15.8. The molecule has 0 atom stereocenters. The quantitative estimate of drug-likeness (QED) is 0.177. The predicted octanol–water partition coefficient (Wildman–Crippen LogP) is 14.4. The first kappa shape index (κ1) is 31.8. The average Bonchev–Trinajstić information content (AvgIpc) is 3.83. The van der Waals surface area contributed by atoms with Crippen LogP contribution >= 0.6 is 0 Å². The van der Waals surface area contributed by atoms with Gasteiger partial charge in [0.05, 0.1) is 5.69 Å². The van der Waals surface area contributed by atoms with Crippen LogP contribution in [-0.2, 0) is 10.8 Å². The minimum atomic E-state index is -0.387. The smallest absolute Gasteiger partial charge is 0.159 e. The minimum absolute atomic E-state index is 0.138. The highest BCUT2D eigenvalue weighted by Crippen LogP contribution is 2.56. The molecule has 0 aliphatic heterocycles. The summed E-state index contributed by atoms with van der Waals surface area (Å²) < 4.78 is 7.06. The van der Waals surface area contributed by atoms with Crippen LogP contribution in [0.2, 0.25) is 0 Å². The molecule has 0 spiro atoms. The summed E-state index contributed by atoms with van der Waals surface area (Å²) in [5, 5.41) is 2.28. The first-order valence-electron chi connectivity index (χ1n) is 19.3. The molecule has 0 saturated carbocycles. The van der Waals surface area contributed by atoms with Crippen LogP contribution in [0.4, 0.5) is 17.1 Å². The lowest BCUT2D eigenvalue weighted by Gasteiger charge is -2.31. The Kier molecular flexibility index (Phi) is 6.76. The maximum Gasteiger partial charge on any atom is 0.159 e. The molecule has 2 aliphatic rings. The number of hydrogen-bond acceptors (Lipinski definition) is 2. The number of benzene rings is 8. The normalized spacial score (nSPS) is 14.4. The second kappa shape index (κ2) is 11.7. The first-order chi connectivity index (χ1) is 26.9. The molecule has 0 bridgehead atoms. The number of rotatable bonds is 5. The van der Waals surface area contributed by atoms with E-state index < -0.39 is 0 Å². The summed E-state index contributed by atoms with van der Waals surface area (Å²) >= 11 is 0. The maximum absolute atomic E-state index is 7.06. The van der Waals surface area contributed by atoms with Crippen LogP contribution in [0.1, 0.15) is 48.6 Å². The Hall–Kier alpha value is -6.64. The zero-order valence-electron chi connectivity index (χ0n) is 31.2. The van der Waals surface area contributed by atoms with Gasteiger partial charge in [0.25, 0.3) is 0 Å². The Balaban J connectivity index is 1.18. The molecule has 0 amide bonds. The number of fused-ring (bicyclic) bond motifs is 9. The van der Waals surface area contributed by atoms with E-state index in [1.165, 1.54) is 61.2 Å². The zero-order valence-corrected chi connectivity index (χ0v) is 31.2. The van der Waals surface area contributed by atoms with Crippen molar-refractivity contribution in [3.63, 3.8) is 0 Å². The van der Waals surface area contributed by atoms with Crippen LogP contribution in [0.3, 0.4) is 0 Å². The van der Waals surface area contributed by atoms with Crippen LogP contribution in [0, 0.1) is 0 Å². The third kappa shape index (κ3) is 4.49. The molecule has 8 aromatic carbocycles. The van der Waals surface area contributed by atoms with Crippen molar-refractivity contribution in [3.05, 3.63) is 210 Å². The van der Waals surface area contributed by atoms with E-state index in [9.17, 15) is 0 Å². The molecule has 2 nitrogen and oxygen atoms in total. The van der Waals surface area contributed by atoms with Crippen molar-refractivity contribution in [2.24, 2.45) is 0 Å². The largest absolute Gasteiger partial charge is 0.454 e. The molecular weight excluding hydrogens is 667 g/mol. The molecule has 0 radical (unpaired) electrons. The minimum Gasteiger partial charge on any atom is -0.454 e. The third-order valence-corrected chi connectivity index (χ3v) is 12.6. The van der Waals surface area contributed by atoms with Crippen LogP contribution in [0.15, 0.2) is 186 Å². The van der Waals surface area contributed by atoms with Gasteiger partial charge in [0.1, 0.15) is 5.58 Å². The van der Waals surface area contributed by atoms with Crippen LogP contribution < -0.4 is 4.90 Å². The van der Waals surface area contributed by atoms with Gasteiger partial charge in [-0.2, -0.15) is 0 Å². The molecule has 9 aromatic rings. The van der Waals surface area contributed by atoms with Crippen molar-refractivity contribution < 1.29 is 4.42 Å². The molecule has 1 aromatic heterocycles. The van der Waals surface area contributed by atoms with Crippen molar-refractivity contribution in [1.82, 2.24) is 0 Å². The first-order valence-corrected chi connectivity index (χ1v) is 19.3. The fourth-order valence-electron chi connectivity index (χ4n) is 9.84. The van der Waals surface area contributed by atoms with E-state index in [1.807, 2.05) is 0 Å². The van der Waals surface area contributed by atoms with Gasteiger partial charge in [0.2, 0.25) is 0 Å². The standard InChI is InChI=1S/C53H39NO/c1-52(2)43-21-11-7-17-38(43)41-30-29-37(33-47(41)52)54(36-27-25-35(26-28-36)34-15-5-4-6-16-34)48-32-31-46(50-42-20-10-14-24-49(42)55-51(48)50)53(3)44-22-12-8-18-39(44)40-19-9-13-23-45(40)53/h4-33H,1-3H3. The number of para-hydroxylation sites is 1. The number of hydrogen-bond donors (Lipinski definition) is 0. The van der Waals surface area contributed by atoms with Gasteiger partial charge < -0.3 is 9.32 Å². The summed E-state index contributed by atoms with van der Waals surface area (Å²) in [6.45, 7) is 7.10. The zero-order chi connectivity index (χ0) is 36.9. The Morgan fingerprint density at radius 1 is 0.418 bits per heavy atom. The Labute approximate surface area is 322 Å². The van der Waals surface area contributed by atoms with E-state index >= 15 is 0 Å². The third-order valence-electron chi connectivity index (χ3n) is 12.6. The molecule has 0 saturated heterocycles. The summed E-state index contributed by atoms with van der Waals surface area (Å²) in [6, 6.07) is 66.5. The Morgan fingerprint density at radius 3 is 1.67 bits per heavy atom. The molecule has 1 heterocycles. The summed E-state index contributed by atoms with van der Waals surface area (Å²) in [4.78, 5) is 2.40. The molecule has 2 aliphatic carbocycles. The van der Waals surface area contributed by atoms with Crippen molar-refractivity contribution in [1.29, 1.82) is 0 Å². The topological polar surface area (TPSA) is 16.4 Å². The predicted molar refractivity (Wildman–Crippen MR) is 229 cm³/mol.